The van der Waals surface area contributed by atoms with Crippen LogP contribution in [0.15, 0.2) is 42.0 Å². The van der Waals surface area contributed by atoms with Crippen molar-refractivity contribution in [2.45, 2.75) is 19.5 Å². The normalized spacial score (nSPS) is 12.5. The lowest BCUT2D eigenvalue weighted by Crippen LogP contribution is -2.25. The minimum Gasteiger partial charge on any atom is -0.336 e. The van der Waals surface area contributed by atoms with Crippen molar-refractivity contribution in [3.8, 4) is 0 Å². The van der Waals surface area contributed by atoms with E-state index in [9.17, 15) is 4.39 Å². The molecule has 2 aromatic heterocycles. The largest absolute Gasteiger partial charge is 0.336 e. The monoisotopic (exact) mass is 316 g/mol. The zero-order valence-corrected chi connectivity index (χ0v) is 13.3. The zero-order chi connectivity index (χ0) is 15.5. The van der Waals surface area contributed by atoms with Gasteiger partial charge < -0.3 is 4.57 Å². The molecule has 1 atom stereocenters. The van der Waals surface area contributed by atoms with Crippen molar-refractivity contribution in [1.82, 2.24) is 19.9 Å². The number of nitrogens with one attached hydrogen (secondary N) is 1. The standard InChI is InChI=1S/C16H17FN4S/c1-11-20-14(10-22-11)9-19-15(16-18-6-7-21(16)2)12-4-3-5-13(17)8-12/h3-8,10,15,19H,9H2,1-2H3. The SMILES string of the molecule is Cc1nc(CNC(c2cccc(F)c2)c2nccn2C)cs1. The summed E-state index contributed by atoms with van der Waals surface area (Å²) in [5, 5.41) is 6.50. The summed E-state index contributed by atoms with van der Waals surface area (Å²) >= 11 is 1.62. The molecule has 4 nitrogen and oxygen atoms in total. The van der Waals surface area contributed by atoms with E-state index in [2.05, 4.69) is 15.3 Å². The molecule has 6 heteroatoms. The Balaban J connectivity index is 1.88. The highest BCUT2D eigenvalue weighted by Crippen LogP contribution is 2.22. The van der Waals surface area contributed by atoms with E-state index in [1.807, 2.05) is 36.2 Å². The van der Waals surface area contributed by atoms with Crippen LogP contribution in [0.25, 0.3) is 0 Å². The van der Waals surface area contributed by atoms with Crippen molar-refractivity contribution in [1.29, 1.82) is 0 Å². The number of halogens is 1. The summed E-state index contributed by atoms with van der Waals surface area (Å²) in [4.78, 5) is 8.85. The second-order valence-corrected chi connectivity index (χ2v) is 6.19. The molecule has 22 heavy (non-hydrogen) atoms. The molecule has 3 rings (SSSR count). The van der Waals surface area contributed by atoms with Crippen molar-refractivity contribution >= 4 is 11.3 Å². The smallest absolute Gasteiger partial charge is 0.130 e. The minimum absolute atomic E-state index is 0.183. The van der Waals surface area contributed by atoms with Gasteiger partial charge in [-0.25, -0.2) is 14.4 Å². The third-order valence-corrected chi connectivity index (χ3v) is 4.27. The second-order valence-electron chi connectivity index (χ2n) is 5.12. The maximum Gasteiger partial charge on any atom is 0.130 e. The second kappa shape index (κ2) is 6.37. The Morgan fingerprint density at radius 1 is 1.41 bits per heavy atom. The predicted molar refractivity (Wildman–Crippen MR) is 85.1 cm³/mol. The molecule has 0 saturated heterocycles. The fraction of sp³-hybridized carbons (Fsp3) is 0.250. The van der Waals surface area contributed by atoms with Crippen LogP contribution in [-0.2, 0) is 13.6 Å². The first-order valence-electron chi connectivity index (χ1n) is 7.00. The number of imidazole rings is 1. The van der Waals surface area contributed by atoms with E-state index in [1.54, 1.807) is 29.7 Å². The molecule has 1 aromatic carbocycles. The number of nitrogens with zero attached hydrogens (tertiary/aromatic N) is 3. The lowest BCUT2D eigenvalue weighted by atomic mass is 10.1. The van der Waals surface area contributed by atoms with Gasteiger partial charge in [-0.3, -0.25) is 5.32 Å². The van der Waals surface area contributed by atoms with Crippen molar-refractivity contribution < 1.29 is 4.39 Å². The van der Waals surface area contributed by atoms with E-state index in [4.69, 9.17) is 0 Å². The Labute approximate surface area is 132 Å². The van der Waals surface area contributed by atoms with Crippen molar-refractivity contribution in [3.63, 3.8) is 0 Å². The molecular formula is C16H17FN4S. The van der Waals surface area contributed by atoms with Gasteiger partial charge in [0.25, 0.3) is 0 Å². The average molecular weight is 316 g/mol. The number of thiazole rings is 1. The fourth-order valence-corrected chi connectivity index (χ4v) is 3.01. The molecule has 0 spiro atoms. The van der Waals surface area contributed by atoms with Crippen LogP contribution in [0.2, 0.25) is 0 Å². The van der Waals surface area contributed by atoms with Crippen molar-refractivity contribution in [2.75, 3.05) is 0 Å². The van der Waals surface area contributed by atoms with Crippen molar-refractivity contribution in [3.05, 3.63) is 69.9 Å². The van der Waals surface area contributed by atoms with Crippen molar-refractivity contribution in [2.24, 2.45) is 7.05 Å². The zero-order valence-electron chi connectivity index (χ0n) is 12.5. The van der Waals surface area contributed by atoms with Gasteiger partial charge in [0.05, 0.1) is 16.7 Å². The highest BCUT2D eigenvalue weighted by atomic mass is 32.1. The molecule has 2 heterocycles. The maximum atomic E-state index is 13.6. The topological polar surface area (TPSA) is 42.7 Å². The van der Waals surface area contributed by atoms with Crippen LogP contribution < -0.4 is 5.32 Å². The van der Waals surface area contributed by atoms with Crippen LogP contribution in [0, 0.1) is 12.7 Å². The van der Waals surface area contributed by atoms with E-state index in [-0.39, 0.29) is 11.9 Å². The molecular weight excluding hydrogens is 299 g/mol. The predicted octanol–water partition coefficient (Wildman–Crippen LogP) is 3.20. The molecule has 0 aliphatic rings. The summed E-state index contributed by atoms with van der Waals surface area (Å²) in [6.07, 6.45) is 3.63. The van der Waals surface area contributed by atoms with Gasteiger partial charge in [0, 0.05) is 31.4 Å². The van der Waals surface area contributed by atoms with Gasteiger partial charge in [0.2, 0.25) is 0 Å². The Hall–Kier alpha value is -2.05. The van der Waals surface area contributed by atoms with Crippen LogP contribution in [0.3, 0.4) is 0 Å². The van der Waals surface area contributed by atoms with Crippen LogP contribution >= 0.6 is 11.3 Å². The lowest BCUT2D eigenvalue weighted by Gasteiger charge is -2.18. The molecule has 0 amide bonds. The number of hydrogen-bond acceptors (Lipinski definition) is 4. The molecule has 0 aliphatic carbocycles. The average Bonchev–Trinajstić information content (AvgIpc) is 3.09. The van der Waals surface area contributed by atoms with Gasteiger partial charge in [-0.15, -0.1) is 11.3 Å². The summed E-state index contributed by atoms with van der Waals surface area (Å²) in [5.74, 6) is 0.598. The summed E-state index contributed by atoms with van der Waals surface area (Å²) in [6, 6.07) is 6.43. The molecule has 3 aromatic rings. The first-order valence-corrected chi connectivity index (χ1v) is 7.88. The molecule has 114 valence electrons. The maximum absolute atomic E-state index is 13.6. The summed E-state index contributed by atoms with van der Waals surface area (Å²) in [7, 11) is 1.93. The molecule has 0 radical (unpaired) electrons. The Morgan fingerprint density at radius 3 is 2.91 bits per heavy atom. The third-order valence-electron chi connectivity index (χ3n) is 3.45. The number of rotatable bonds is 5. The summed E-state index contributed by atoms with van der Waals surface area (Å²) in [5.41, 5.74) is 1.83. The van der Waals surface area contributed by atoms with Gasteiger partial charge in [-0.05, 0) is 24.6 Å². The first-order chi connectivity index (χ1) is 10.6. The van der Waals surface area contributed by atoms with Gasteiger partial charge >= 0.3 is 0 Å². The van der Waals surface area contributed by atoms with E-state index in [1.165, 1.54) is 6.07 Å². The molecule has 0 aliphatic heterocycles. The van der Waals surface area contributed by atoms with Gasteiger partial charge in [0.1, 0.15) is 11.6 Å². The Kier molecular flexibility index (Phi) is 4.31. The van der Waals surface area contributed by atoms with Crippen LogP contribution in [0.4, 0.5) is 4.39 Å². The third kappa shape index (κ3) is 3.23. The number of hydrogen-bond donors (Lipinski definition) is 1. The minimum atomic E-state index is -0.247. The number of benzene rings is 1. The summed E-state index contributed by atoms with van der Waals surface area (Å²) < 4.78 is 15.5. The van der Waals surface area contributed by atoms with E-state index in [0.717, 1.165) is 22.1 Å². The Morgan fingerprint density at radius 2 is 2.27 bits per heavy atom. The lowest BCUT2D eigenvalue weighted by molar-refractivity contribution is 0.547. The fourth-order valence-electron chi connectivity index (χ4n) is 2.40. The van der Waals surface area contributed by atoms with E-state index >= 15 is 0 Å². The van der Waals surface area contributed by atoms with Crippen LogP contribution in [-0.4, -0.2) is 14.5 Å². The van der Waals surface area contributed by atoms with Crippen LogP contribution in [0.5, 0.6) is 0 Å². The quantitative estimate of drug-likeness (QED) is 0.786. The number of aryl methyl sites for hydroxylation is 2. The van der Waals surface area contributed by atoms with E-state index in [0.29, 0.717) is 6.54 Å². The van der Waals surface area contributed by atoms with Gasteiger partial charge in [-0.2, -0.15) is 0 Å². The van der Waals surface area contributed by atoms with Gasteiger partial charge in [0.15, 0.2) is 0 Å². The molecule has 0 saturated carbocycles. The number of aromatic nitrogens is 3. The molecule has 0 fully saturated rings. The highest BCUT2D eigenvalue weighted by Gasteiger charge is 2.18. The molecule has 1 N–H and O–H groups in total. The Bertz CT molecular complexity index is 765. The first kappa shape index (κ1) is 14.9. The van der Waals surface area contributed by atoms with Gasteiger partial charge in [-0.1, -0.05) is 12.1 Å². The molecule has 0 bridgehead atoms. The highest BCUT2D eigenvalue weighted by molar-refractivity contribution is 7.09. The molecule has 1 unspecified atom stereocenters. The van der Waals surface area contributed by atoms with E-state index < -0.39 is 0 Å². The summed E-state index contributed by atoms with van der Waals surface area (Å²) in [6.45, 7) is 2.59. The van der Waals surface area contributed by atoms with Crippen LogP contribution in [0.1, 0.15) is 28.1 Å².